The number of carbonyl (C=O) groups is 3. The first-order valence-electron chi connectivity index (χ1n) is 11.4. The fourth-order valence-electron chi connectivity index (χ4n) is 8.15. The van der Waals surface area contributed by atoms with E-state index in [9.17, 15) is 34.8 Å². The maximum Gasteiger partial charge on any atom is 0.348 e. The van der Waals surface area contributed by atoms with Gasteiger partial charge in [-0.05, 0) is 19.3 Å². The molecule has 2 saturated carbocycles. The third-order valence-electron chi connectivity index (χ3n) is 9.29. The number of ether oxygens (including phenoxy) is 4. The first-order chi connectivity index (χ1) is 15.9. The minimum Gasteiger partial charge on any atom is -0.467 e. The second kappa shape index (κ2) is 7.23. The number of carbonyl (C=O) groups excluding carboxylic acids is 3. The minimum atomic E-state index is -2.20. The van der Waals surface area contributed by atoms with Crippen molar-refractivity contribution in [2.75, 3.05) is 13.7 Å². The van der Waals surface area contributed by atoms with Crippen LogP contribution in [0.4, 0.5) is 0 Å². The van der Waals surface area contributed by atoms with Gasteiger partial charge in [0.05, 0.1) is 37.9 Å². The van der Waals surface area contributed by atoms with Crippen LogP contribution in [-0.4, -0.2) is 94.3 Å². The molecule has 34 heavy (non-hydrogen) atoms. The van der Waals surface area contributed by atoms with E-state index in [1.165, 1.54) is 6.08 Å². The SMILES string of the molecule is COC(=O)[C@@]12OC[C@]34[C@H]([C@@H](O)[C@@H]1O)[C@@]1(C)[C@H](O)[C@@H](O)C=C(C)[C@@H]1C[C@H]3OC(=O)[C@H](OC(C)=O)[C@@H]24. The van der Waals surface area contributed by atoms with Crippen molar-refractivity contribution in [3.63, 3.8) is 0 Å². The highest BCUT2D eigenvalue weighted by Crippen LogP contribution is 2.72. The van der Waals surface area contributed by atoms with Crippen molar-refractivity contribution in [1.82, 2.24) is 0 Å². The van der Waals surface area contributed by atoms with E-state index in [1.54, 1.807) is 13.8 Å². The second-order valence-corrected chi connectivity index (χ2v) is 10.5. The summed E-state index contributed by atoms with van der Waals surface area (Å²) in [7, 11) is 1.09. The number of fused-ring (bicyclic) bond motifs is 2. The summed E-state index contributed by atoms with van der Waals surface area (Å²) in [6.45, 7) is 4.37. The summed E-state index contributed by atoms with van der Waals surface area (Å²) in [5.41, 5.74) is -3.97. The Labute approximate surface area is 195 Å². The van der Waals surface area contributed by atoms with Gasteiger partial charge in [-0.1, -0.05) is 18.6 Å². The van der Waals surface area contributed by atoms with Crippen molar-refractivity contribution in [1.29, 1.82) is 0 Å². The molecule has 5 aliphatic rings. The summed E-state index contributed by atoms with van der Waals surface area (Å²) in [4.78, 5) is 38.2. The normalized spacial score (nSPS) is 53.1. The number of esters is 3. The minimum absolute atomic E-state index is 0.220. The van der Waals surface area contributed by atoms with Gasteiger partial charge in [-0.3, -0.25) is 4.79 Å². The molecule has 5 rings (SSSR count). The average molecular weight is 482 g/mol. The number of hydrogen-bond acceptors (Lipinski definition) is 11. The van der Waals surface area contributed by atoms with E-state index in [0.717, 1.165) is 19.6 Å². The molecule has 0 unspecified atom stereocenters. The van der Waals surface area contributed by atoms with Crippen LogP contribution in [0.2, 0.25) is 0 Å². The Hall–Kier alpha value is -2.05. The molecule has 2 saturated heterocycles. The third kappa shape index (κ3) is 2.46. The zero-order valence-electron chi connectivity index (χ0n) is 19.3. The van der Waals surface area contributed by atoms with Gasteiger partial charge in [-0.25, -0.2) is 9.59 Å². The lowest BCUT2D eigenvalue weighted by Gasteiger charge is -2.68. The van der Waals surface area contributed by atoms with Crippen LogP contribution in [-0.2, 0) is 33.3 Å². The van der Waals surface area contributed by atoms with E-state index >= 15 is 0 Å². The van der Waals surface area contributed by atoms with E-state index in [4.69, 9.17) is 18.9 Å². The molecule has 188 valence electrons. The van der Waals surface area contributed by atoms with Gasteiger partial charge < -0.3 is 39.4 Å². The Morgan fingerprint density at radius 2 is 1.82 bits per heavy atom. The van der Waals surface area contributed by atoms with Crippen molar-refractivity contribution >= 4 is 17.9 Å². The predicted octanol–water partition coefficient (Wildman–Crippen LogP) is -1.55. The maximum atomic E-state index is 13.1. The third-order valence-corrected chi connectivity index (χ3v) is 9.29. The summed E-state index contributed by atoms with van der Waals surface area (Å²) in [6, 6.07) is 0. The Morgan fingerprint density at radius 3 is 2.44 bits per heavy atom. The van der Waals surface area contributed by atoms with Gasteiger partial charge in [-0.2, -0.15) is 0 Å². The summed E-state index contributed by atoms with van der Waals surface area (Å²) in [6.07, 6.45) is -6.78. The van der Waals surface area contributed by atoms with Gasteiger partial charge in [0.1, 0.15) is 12.2 Å². The lowest BCUT2D eigenvalue weighted by atomic mass is 9.37. The number of hydrogen-bond donors (Lipinski definition) is 4. The quantitative estimate of drug-likeness (QED) is 0.204. The van der Waals surface area contributed by atoms with Crippen LogP contribution in [0.1, 0.15) is 27.2 Å². The first-order valence-corrected chi connectivity index (χ1v) is 11.4. The standard InChI is InChI=1S/C23H30O11/c1-8-5-11(25)17(27)21(3)10(8)6-12-22-7-32-23(20(30)31-4,18(28)13(26)15(21)22)16(22)14(19(29)34-12)33-9(2)24/h5,10-18,25-28H,6-7H2,1-4H3/t10-,11-,12+,13+,14+,15+,16+,17+,18-,21-,22+,23-/m0/s1. The molecule has 3 aliphatic carbocycles. The molecule has 0 aromatic carbocycles. The zero-order valence-corrected chi connectivity index (χ0v) is 19.3. The highest BCUT2D eigenvalue weighted by molar-refractivity contribution is 5.87. The van der Waals surface area contributed by atoms with Crippen LogP contribution in [0, 0.1) is 28.6 Å². The number of aliphatic hydroxyl groups is 4. The molecule has 4 fully saturated rings. The van der Waals surface area contributed by atoms with Crippen LogP contribution in [0.3, 0.4) is 0 Å². The van der Waals surface area contributed by atoms with Gasteiger partial charge in [0.25, 0.3) is 0 Å². The van der Waals surface area contributed by atoms with Gasteiger partial charge in [0, 0.05) is 23.7 Å². The van der Waals surface area contributed by atoms with Crippen molar-refractivity contribution in [2.24, 2.45) is 28.6 Å². The van der Waals surface area contributed by atoms with E-state index < -0.39 is 88.7 Å². The number of methoxy groups -OCH3 is 1. The molecule has 1 spiro atoms. The van der Waals surface area contributed by atoms with Gasteiger partial charge >= 0.3 is 17.9 Å². The highest BCUT2D eigenvalue weighted by atomic mass is 16.6. The second-order valence-electron chi connectivity index (χ2n) is 10.5. The molecule has 2 heterocycles. The summed E-state index contributed by atoms with van der Waals surface area (Å²) < 4.78 is 22.1. The highest BCUT2D eigenvalue weighted by Gasteiger charge is 2.85. The molecular formula is C23H30O11. The van der Waals surface area contributed by atoms with Gasteiger partial charge in [0.15, 0.2) is 0 Å². The van der Waals surface area contributed by atoms with Gasteiger partial charge in [0.2, 0.25) is 11.7 Å². The Bertz CT molecular complexity index is 978. The molecule has 2 bridgehead atoms. The smallest absolute Gasteiger partial charge is 0.348 e. The van der Waals surface area contributed by atoms with Crippen LogP contribution in [0.25, 0.3) is 0 Å². The molecule has 4 N–H and O–H groups in total. The lowest BCUT2D eigenvalue weighted by Crippen LogP contribution is -2.80. The molecular weight excluding hydrogens is 452 g/mol. The van der Waals surface area contributed by atoms with Crippen LogP contribution in [0.15, 0.2) is 11.6 Å². The monoisotopic (exact) mass is 482 g/mol. The Balaban J connectivity index is 1.79. The van der Waals surface area contributed by atoms with Crippen LogP contribution >= 0.6 is 0 Å². The zero-order chi connectivity index (χ0) is 25.0. The van der Waals surface area contributed by atoms with E-state index in [1.807, 2.05) is 0 Å². The summed E-state index contributed by atoms with van der Waals surface area (Å²) >= 11 is 0. The molecule has 0 amide bonds. The molecule has 2 aliphatic heterocycles. The Morgan fingerprint density at radius 1 is 1.15 bits per heavy atom. The summed E-state index contributed by atoms with van der Waals surface area (Å²) in [5, 5.41) is 44.8. The molecule has 0 radical (unpaired) electrons. The molecule has 11 nitrogen and oxygen atoms in total. The largest absolute Gasteiger partial charge is 0.467 e. The average Bonchev–Trinajstić information content (AvgIpc) is 3.08. The number of aliphatic hydroxyl groups excluding tert-OH is 4. The van der Waals surface area contributed by atoms with Crippen LogP contribution in [0.5, 0.6) is 0 Å². The number of allylic oxidation sites excluding steroid dienone is 1. The lowest BCUT2D eigenvalue weighted by molar-refractivity contribution is -0.304. The van der Waals surface area contributed by atoms with E-state index in [-0.39, 0.29) is 13.0 Å². The van der Waals surface area contributed by atoms with Crippen molar-refractivity contribution in [3.05, 3.63) is 11.6 Å². The predicted molar refractivity (Wildman–Crippen MR) is 110 cm³/mol. The fourth-order valence-corrected chi connectivity index (χ4v) is 8.15. The van der Waals surface area contributed by atoms with Crippen molar-refractivity contribution < 1.29 is 53.8 Å². The van der Waals surface area contributed by atoms with E-state index in [0.29, 0.717) is 0 Å². The molecule has 11 heteroatoms. The van der Waals surface area contributed by atoms with Crippen molar-refractivity contribution in [3.8, 4) is 0 Å². The molecule has 12 atom stereocenters. The topological polar surface area (TPSA) is 169 Å². The molecule has 0 aromatic rings. The maximum absolute atomic E-state index is 13.1. The summed E-state index contributed by atoms with van der Waals surface area (Å²) in [5.74, 6) is -5.37. The number of rotatable bonds is 2. The first kappa shape index (κ1) is 23.7. The van der Waals surface area contributed by atoms with E-state index in [2.05, 4.69) is 0 Å². The molecule has 0 aromatic heterocycles. The Kier molecular flexibility index (Phi) is 5.04. The van der Waals surface area contributed by atoms with Gasteiger partial charge in [-0.15, -0.1) is 0 Å². The van der Waals surface area contributed by atoms with Crippen LogP contribution < -0.4 is 0 Å². The fraction of sp³-hybridized carbons (Fsp3) is 0.783. The van der Waals surface area contributed by atoms with Crippen molar-refractivity contribution in [2.45, 2.75) is 69.4 Å².